The second-order valence-electron chi connectivity index (χ2n) is 2.69. The van der Waals surface area contributed by atoms with Gasteiger partial charge in [-0.2, -0.15) is 0 Å². The van der Waals surface area contributed by atoms with Gasteiger partial charge in [0.25, 0.3) is 0 Å². The number of hydrogen-bond acceptors (Lipinski definition) is 2. The first-order valence-electron chi connectivity index (χ1n) is 4.09. The smallest absolute Gasteiger partial charge is 0.129 e. The fraction of sp³-hybridized carbons (Fsp3) is 0.444. The van der Waals surface area contributed by atoms with Gasteiger partial charge < -0.3 is 5.32 Å². The van der Waals surface area contributed by atoms with E-state index < -0.39 is 0 Å². The molecule has 0 bridgehead atoms. The fourth-order valence-corrected chi connectivity index (χ4v) is 1.18. The molecule has 1 aromatic heterocycles. The van der Waals surface area contributed by atoms with Crippen molar-refractivity contribution in [2.75, 3.05) is 6.54 Å². The molecule has 1 heterocycles. The number of nitrogens with zero attached hydrogens (tertiary/aromatic N) is 1. The quantitative estimate of drug-likeness (QED) is 0.730. The van der Waals surface area contributed by atoms with Crippen LogP contribution in [0.15, 0.2) is 18.3 Å². The Hall–Kier alpha value is -0.600. The lowest BCUT2D eigenvalue weighted by atomic mass is 10.1. The van der Waals surface area contributed by atoms with E-state index in [1.165, 1.54) is 5.56 Å². The molecule has 12 heavy (non-hydrogen) atoms. The van der Waals surface area contributed by atoms with E-state index in [4.69, 9.17) is 11.6 Å². The molecule has 0 saturated carbocycles. The molecule has 0 amide bonds. The summed E-state index contributed by atoms with van der Waals surface area (Å²) in [6.45, 7) is 5.15. The highest BCUT2D eigenvalue weighted by Gasteiger charge is 2.02. The Morgan fingerprint density at radius 2 is 2.33 bits per heavy atom. The van der Waals surface area contributed by atoms with Gasteiger partial charge >= 0.3 is 0 Å². The molecule has 3 heteroatoms. The van der Waals surface area contributed by atoms with Crippen molar-refractivity contribution in [1.29, 1.82) is 0 Å². The molecule has 66 valence electrons. The van der Waals surface area contributed by atoms with Crippen LogP contribution in [0.25, 0.3) is 0 Å². The van der Waals surface area contributed by atoms with Crippen molar-refractivity contribution in [3.05, 3.63) is 29.0 Å². The van der Waals surface area contributed by atoms with Gasteiger partial charge in [-0.15, -0.1) is 0 Å². The lowest BCUT2D eigenvalue weighted by molar-refractivity contribution is 0.596. The van der Waals surface area contributed by atoms with E-state index in [0.29, 0.717) is 11.2 Å². The summed E-state index contributed by atoms with van der Waals surface area (Å²) in [4.78, 5) is 4.01. The average molecular weight is 185 g/mol. The number of nitrogens with one attached hydrogen (secondary N) is 1. The molecule has 0 aliphatic carbocycles. The molecule has 1 aromatic rings. The molecule has 1 atom stereocenters. The van der Waals surface area contributed by atoms with Gasteiger partial charge in [0.15, 0.2) is 0 Å². The van der Waals surface area contributed by atoms with E-state index in [1.54, 1.807) is 6.20 Å². The number of aromatic nitrogens is 1. The zero-order valence-corrected chi connectivity index (χ0v) is 8.10. The Labute approximate surface area is 78.0 Å². The molecule has 0 aromatic carbocycles. The SMILES string of the molecule is CCN[C@@H](C)c1ccc(Cl)nc1. The van der Waals surface area contributed by atoms with Crippen LogP contribution in [0.2, 0.25) is 5.15 Å². The van der Waals surface area contributed by atoms with Gasteiger partial charge in [-0.3, -0.25) is 0 Å². The molecule has 0 aliphatic heterocycles. The molecule has 0 spiro atoms. The Morgan fingerprint density at radius 3 is 2.83 bits per heavy atom. The molecule has 1 N–H and O–H groups in total. The number of pyridine rings is 1. The Kier molecular flexibility index (Phi) is 3.50. The second kappa shape index (κ2) is 4.43. The van der Waals surface area contributed by atoms with Crippen molar-refractivity contribution >= 4 is 11.6 Å². The maximum atomic E-state index is 5.66. The predicted molar refractivity (Wildman–Crippen MR) is 51.3 cm³/mol. The van der Waals surface area contributed by atoms with Crippen LogP contribution in [0.3, 0.4) is 0 Å². The largest absolute Gasteiger partial charge is 0.310 e. The number of rotatable bonds is 3. The minimum absolute atomic E-state index is 0.347. The summed E-state index contributed by atoms with van der Waals surface area (Å²) in [6.07, 6.45) is 1.80. The van der Waals surface area contributed by atoms with Crippen LogP contribution in [0.5, 0.6) is 0 Å². The van der Waals surface area contributed by atoms with Gasteiger partial charge in [0, 0.05) is 12.2 Å². The van der Waals surface area contributed by atoms with Crippen LogP contribution in [-0.4, -0.2) is 11.5 Å². The maximum Gasteiger partial charge on any atom is 0.129 e. The average Bonchev–Trinajstić information content (AvgIpc) is 2.06. The van der Waals surface area contributed by atoms with E-state index in [2.05, 4.69) is 24.1 Å². The standard InChI is InChI=1S/C9H13ClN2/c1-3-11-7(2)8-4-5-9(10)12-6-8/h4-7,11H,3H2,1-2H3/t7-/m0/s1. The first-order valence-corrected chi connectivity index (χ1v) is 4.46. The van der Waals surface area contributed by atoms with Crippen LogP contribution in [0.4, 0.5) is 0 Å². The normalized spacial score (nSPS) is 12.9. The molecule has 0 unspecified atom stereocenters. The predicted octanol–water partition coefficient (Wildman–Crippen LogP) is 2.41. The first-order chi connectivity index (χ1) is 5.74. The zero-order chi connectivity index (χ0) is 8.97. The Morgan fingerprint density at radius 1 is 1.58 bits per heavy atom. The van der Waals surface area contributed by atoms with E-state index in [0.717, 1.165) is 6.54 Å². The highest BCUT2D eigenvalue weighted by Crippen LogP contribution is 2.12. The minimum Gasteiger partial charge on any atom is -0.310 e. The summed E-state index contributed by atoms with van der Waals surface area (Å²) in [6, 6.07) is 4.15. The molecule has 0 radical (unpaired) electrons. The molecular weight excluding hydrogens is 172 g/mol. The fourth-order valence-electron chi connectivity index (χ4n) is 1.07. The van der Waals surface area contributed by atoms with Crippen molar-refractivity contribution < 1.29 is 0 Å². The maximum absolute atomic E-state index is 5.66. The van der Waals surface area contributed by atoms with Crippen molar-refractivity contribution in [2.45, 2.75) is 19.9 Å². The molecular formula is C9H13ClN2. The minimum atomic E-state index is 0.347. The van der Waals surface area contributed by atoms with Crippen LogP contribution < -0.4 is 5.32 Å². The molecule has 0 fully saturated rings. The van der Waals surface area contributed by atoms with Gasteiger partial charge in [0.2, 0.25) is 0 Å². The zero-order valence-electron chi connectivity index (χ0n) is 7.34. The summed E-state index contributed by atoms with van der Waals surface area (Å²) >= 11 is 5.66. The summed E-state index contributed by atoms with van der Waals surface area (Å²) in [7, 11) is 0. The highest BCUT2D eigenvalue weighted by atomic mass is 35.5. The third-order valence-electron chi connectivity index (χ3n) is 1.76. The van der Waals surface area contributed by atoms with Crippen molar-refractivity contribution in [3.8, 4) is 0 Å². The Bertz CT molecular complexity index is 233. The van der Waals surface area contributed by atoms with Gasteiger partial charge in [0.05, 0.1) is 0 Å². The van der Waals surface area contributed by atoms with E-state index in [9.17, 15) is 0 Å². The van der Waals surface area contributed by atoms with Crippen molar-refractivity contribution in [3.63, 3.8) is 0 Å². The first kappa shape index (κ1) is 9.49. The van der Waals surface area contributed by atoms with Crippen LogP contribution in [0, 0.1) is 0 Å². The number of hydrogen-bond donors (Lipinski definition) is 1. The van der Waals surface area contributed by atoms with Crippen molar-refractivity contribution in [1.82, 2.24) is 10.3 Å². The van der Waals surface area contributed by atoms with E-state index in [-0.39, 0.29) is 0 Å². The van der Waals surface area contributed by atoms with E-state index in [1.807, 2.05) is 12.1 Å². The van der Waals surface area contributed by atoms with Gasteiger partial charge in [-0.25, -0.2) is 4.98 Å². The van der Waals surface area contributed by atoms with Crippen LogP contribution >= 0.6 is 11.6 Å². The topological polar surface area (TPSA) is 24.9 Å². The van der Waals surface area contributed by atoms with Crippen molar-refractivity contribution in [2.24, 2.45) is 0 Å². The van der Waals surface area contributed by atoms with Gasteiger partial charge in [-0.1, -0.05) is 24.6 Å². The summed E-state index contributed by atoms with van der Waals surface area (Å²) < 4.78 is 0. The van der Waals surface area contributed by atoms with Gasteiger partial charge in [0.1, 0.15) is 5.15 Å². The second-order valence-corrected chi connectivity index (χ2v) is 3.08. The molecule has 2 nitrogen and oxygen atoms in total. The third kappa shape index (κ3) is 2.47. The van der Waals surface area contributed by atoms with Gasteiger partial charge in [-0.05, 0) is 25.1 Å². The monoisotopic (exact) mass is 184 g/mol. The van der Waals surface area contributed by atoms with Crippen LogP contribution in [-0.2, 0) is 0 Å². The van der Waals surface area contributed by atoms with E-state index >= 15 is 0 Å². The summed E-state index contributed by atoms with van der Waals surface area (Å²) in [5, 5.41) is 3.84. The third-order valence-corrected chi connectivity index (χ3v) is 1.98. The molecule has 0 saturated heterocycles. The summed E-state index contributed by atoms with van der Waals surface area (Å²) in [5.41, 5.74) is 1.17. The lowest BCUT2D eigenvalue weighted by Gasteiger charge is -2.11. The highest BCUT2D eigenvalue weighted by molar-refractivity contribution is 6.29. The Balaban J connectivity index is 2.68. The molecule has 0 aliphatic rings. The lowest BCUT2D eigenvalue weighted by Crippen LogP contribution is -2.17. The summed E-state index contributed by atoms with van der Waals surface area (Å²) in [5.74, 6) is 0. The van der Waals surface area contributed by atoms with Crippen LogP contribution in [0.1, 0.15) is 25.5 Å². The molecule has 1 rings (SSSR count). The number of halogens is 1.